The first-order valence-corrected chi connectivity index (χ1v) is 10.4. The summed E-state index contributed by atoms with van der Waals surface area (Å²) in [7, 11) is 0. The monoisotopic (exact) mass is 427 g/mol. The number of anilines is 1. The number of fused-ring (bicyclic) bond motifs is 1. The van der Waals surface area contributed by atoms with Gasteiger partial charge in [0, 0.05) is 11.8 Å². The molecule has 29 heavy (non-hydrogen) atoms. The number of aromatic nitrogens is 2. The summed E-state index contributed by atoms with van der Waals surface area (Å²) in [5.74, 6) is -0.344. The number of nitrogens with zero attached hydrogens (tertiary/aromatic N) is 2. The molecule has 6 nitrogen and oxygen atoms in total. The zero-order chi connectivity index (χ0) is 20.4. The van der Waals surface area contributed by atoms with E-state index in [1.807, 2.05) is 13.0 Å². The van der Waals surface area contributed by atoms with Gasteiger partial charge in [0.05, 0.1) is 5.39 Å². The Kier molecular flexibility index (Phi) is 5.41. The fraction of sp³-hybridized carbons (Fsp3) is 0.100. The second kappa shape index (κ2) is 8.14. The molecule has 0 saturated heterocycles. The molecule has 2 aromatic heterocycles. The number of hydrogen-bond acceptors (Lipinski definition) is 7. The van der Waals surface area contributed by atoms with Gasteiger partial charge in [-0.15, -0.1) is 10.2 Å². The van der Waals surface area contributed by atoms with Crippen molar-refractivity contribution >= 4 is 45.1 Å². The van der Waals surface area contributed by atoms with Crippen LogP contribution in [0.5, 0.6) is 0 Å². The van der Waals surface area contributed by atoms with Gasteiger partial charge in [-0.1, -0.05) is 47.4 Å². The number of halogens is 1. The summed E-state index contributed by atoms with van der Waals surface area (Å²) in [6, 6.07) is 12.6. The second-order valence-corrected chi connectivity index (χ2v) is 8.37. The fourth-order valence-electron chi connectivity index (χ4n) is 2.63. The van der Waals surface area contributed by atoms with Crippen LogP contribution in [-0.2, 0) is 5.75 Å². The van der Waals surface area contributed by atoms with Crippen molar-refractivity contribution in [3.05, 3.63) is 81.5 Å². The molecule has 4 rings (SSSR count). The van der Waals surface area contributed by atoms with Crippen molar-refractivity contribution in [3.63, 3.8) is 0 Å². The van der Waals surface area contributed by atoms with E-state index in [1.165, 1.54) is 41.3 Å². The average molecular weight is 427 g/mol. The number of benzene rings is 2. The third-order valence-corrected chi connectivity index (χ3v) is 6.12. The number of thioether (sulfide) groups is 1. The van der Waals surface area contributed by atoms with Gasteiger partial charge in [-0.3, -0.25) is 14.9 Å². The smallest absolute Gasteiger partial charge is 0.293 e. The van der Waals surface area contributed by atoms with Crippen molar-refractivity contribution in [2.45, 2.75) is 17.0 Å². The first-order valence-electron chi connectivity index (χ1n) is 8.55. The summed E-state index contributed by atoms with van der Waals surface area (Å²) in [5.41, 5.74) is 1.82. The molecule has 0 aliphatic heterocycles. The minimum atomic E-state index is -0.571. The van der Waals surface area contributed by atoms with E-state index >= 15 is 0 Å². The van der Waals surface area contributed by atoms with Gasteiger partial charge >= 0.3 is 0 Å². The molecular formula is C20H14FN3O3S2. The van der Waals surface area contributed by atoms with Crippen molar-refractivity contribution in [2.75, 3.05) is 5.32 Å². The molecule has 1 amide bonds. The third kappa shape index (κ3) is 4.36. The Morgan fingerprint density at radius 1 is 1.21 bits per heavy atom. The van der Waals surface area contributed by atoms with Crippen LogP contribution >= 0.6 is 23.1 Å². The summed E-state index contributed by atoms with van der Waals surface area (Å²) < 4.78 is 19.2. The van der Waals surface area contributed by atoms with Gasteiger partial charge in [0.25, 0.3) is 5.91 Å². The molecule has 0 unspecified atom stereocenters. The minimum Gasteiger partial charge on any atom is -0.450 e. The van der Waals surface area contributed by atoms with E-state index in [4.69, 9.17) is 4.42 Å². The van der Waals surface area contributed by atoms with Gasteiger partial charge < -0.3 is 4.42 Å². The Balaban J connectivity index is 1.46. The maximum atomic E-state index is 13.0. The van der Waals surface area contributed by atoms with E-state index in [-0.39, 0.29) is 17.0 Å². The van der Waals surface area contributed by atoms with Gasteiger partial charge in [-0.25, -0.2) is 4.39 Å². The third-order valence-electron chi connectivity index (χ3n) is 4.08. The molecule has 0 atom stereocenters. The van der Waals surface area contributed by atoms with Crippen LogP contribution in [0, 0.1) is 12.7 Å². The summed E-state index contributed by atoms with van der Waals surface area (Å²) in [6.07, 6.45) is 0. The van der Waals surface area contributed by atoms with Crippen LogP contribution in [0.25, 0.3) is 11.0 Å². The van der Waals surface area contributed by atoms with E-state index in [2.05, 4.69) is 15.5 Å². The molecule has 0 aliphatic carbocycles. The highest BCUT2D eigenvalue weighted by Gasteiger charge is 2.16. The molecule has 1 N–H and O–H groups in total. The first kappa shape index (κ1) is 19.3. The van der Waals surface area contributed by atoms with Crippen LogP contribution in [0.3, 0.4) is 0 Å². The number of aryl methyl sites for hydroxylation is 1. The highest BCUT2D eigenvalue weighted by molar-refractivity contribution is 8.00. The highest BCUT2D eigenvalue weighted by atomic mass is 32.2. The number of carbonyl (C=O) groups is 1. The van der Waals surface area contributed by atoms with Crippen LogP contribution in [0.4, 0.5) is 9.52 Å². The second-order valence-electron chi connectivity index (χ2n) is 6.17. The van der Waals surface area contributed by atoms with Crippen molar-refractivity contribution in [1.82, 2.24) is 10.2 Å². The lowest BCUT2D eigenvalue weighted by atomic mass is 10.1. The molecule has 0 aliphatic rings. The van der Waals surface area contributed by atoms with Crippen molar-refractivity contribution in [1.29, 1.82) is 0 Å². The molecule has 0 radical (unpaired) electrons. The van der Waals surface area contributed by atoms with Crippen molar-refractivity contribution in [3.8, 4) is 0 Å². The summed E-state index contributed by atoms with van der Waals surface area (Å²) >= 11 is 2.63. The molecular weight excluding hydrogens is 413 g/mol. The zero-order valence-electron chi connectivity index (χ0n) is 15.1. The lowest BCUT2D eigenvalue weighted by molar-refractivity contribution is 0.0997. The Hall–Kier alpha value is -3.04. The number of hydrogen-bond donors (Lipinski definition) is 1. The number of carbonyl (C=O) groups excluding carboxylic acids is 1. The minimum absolute atomic E-state index is 0.0903. The quantitative estimate of drug-likeness (QED) is 0.369. The molecule has 0 fully saturated rings. The maximum absolute atomic E-state index is 13.0. The largest absolute Gasteiger partial charge is 0.450 e. The van der Waals surface area contributed by atoms with Crippen LogP contribution in [-0.4, -0.2) is 16.1 Å². The van der Waals surface area contributed by atoms with Crippen LogP contribution in [0.1, 0.15) is 21.7 Å². The average Bonchev–Trinajstić information content (AvgIpc) is 3.15. The van der Waals surface area contributed by atoms with Gasteiger partial charge in [0.2, 0.25) is 5.13 Å². The van der Waals surface area contributed by atoms with Gasteiger partial charge in [0.1, 0.15) is 11.4 Å². The van der Waals surface area contributed by atoms with E-state index in [9.17, 15) is 14.0 Å². The molecule has 0 bridgehead atoms. The van der Waals surface area contributed by atoms with Crippen LogP contribution in [0.15, 0.2) is 62.1 Å². The van der Waals surface area contributed by atoms with E-state index in [1.54, 1.807) is 24.3 Å². The lowest BCUT2D eigenvalue weighted by Crippen LogP contribution is -2.15. The predicted molar refractivity (Wildman–Crippen MR) is 111 cm³/mol. The number of amides is 1. The Labute approximate surface area is 172 Å². The predicted octanol–water partition coefficient (Wildman–Crippen LogP) is 4.64. The number of nitrogens with one attached hydrogen (secondary N) is 1. The topological polar surface area (TPSA) is 85.1 Å². The van der Waals surface area contributed by atoms with Crippen LogP contribution < -0.4 is 10.7 Å². The first-order chi connectivity index (χ1) is 14.0. The zero-order valence-corrected chi connectivity index (χ0v) is 16.8. The molecule has 146 valence electrons. The van der Waals surface area contributed by atoms with Crippen LogP contribution in [0.2, 0.25) is 0 Å². The number of para-hydroxylation sites is 1. The Morgan fingerprint density at radius 3 is 2.79 bits per heavy atom. The molecule has 2 heterocycles. The lowest BCUT2D eigenvalue weighted by Gasteiger charge is -2.04. The Morgan fingerprint density at radius 2 is 2.00 bits per heavy atom. The van der Waals surface area contributed by atoms with Gasteiger partial charge in [-0.05, 0) is 36.2 Å². The molecule has 2 aromatic carbocycles. The molecule has 4 aromatic rings. The highest BCUT2D eigenvalue weighted by Crippen LogP contribution is 2.28. The van der Waals surface area contributed by atoms with Crippen molar-refractivity contribution in [2.24, 2.45) is 0 Å². The molecule has 0 spiro atoms. The SMILES string of the molecule is Cc1cccc2c(=O)cc(C(=O)Nc3nnc(SCc4ccc(F)cc4)s3)oc12. The standard InChI is InChI=1S/C20H14FN3O3S2/c1-11-3-2-4-14-15(25)9-16(27-17(11)14)18(26)22-19-23-24-20(29-19)28-10-12-5-7-13(21)8-6-12/h2-9H,10H2,1H3,(H,22,23,26). The van der Waals surface area contributed by atoms with E-state index in [0.29, 0.717) is 26.2 Å². The molecule has 0 saturated carbocycles. The van der Waals surface area contributed by atoms with Crippen molar-refractivity contribution < 1.29 is 13.6 Å². The van der Waals surface area contributed by atoms with Gasteiger partial charge in [-0.2, -0.15) is 0 Å². The van der Waals surface area contributed by atoms with Gasteiger partial charge in [0.15, 0.2) is 15.5 Å². The fourth-order valence-corrected chi connectivity index (χ4v) is 4.34. The summed E-state index contributed by atoms with van der Waals surface area (Å²) in [6.45, 7) is 1.81. The van der Waals surface area contributed by atoms with E-state index in [0.717, 1.165) is 11.1 Å². The van der Waals surface area contributed by atoms with E-state index < -0.39 is 5.91 Å². The summed E-state index contributed by atoms with van der Waals surface area (Å²) in [4.78, 5) is 24.8. The Bertz CT molecular complexity index is 1250. The molecule has 9 heteroatoms. The normalized spacial score (nSPS) is 11.0. The maximum Gasteiger partial charge on any atom is 0.293 e. The summed E-state index contributed by atoms with van der Waals surface area (Å²) in [5, 5.41) is 11.3. The number of rotatable bonds is 5.